The number of hydrogen-bond acceptors (Lipinski definition) is 4. The zero-order chi connectivity index (χ0) is 15.5. The van der Waals surface area contributed by atoms with Crippen LogP contribution in [0.5, 0.6) is 0 Å². The van der Waals surface area contributed by atoms with Crippen molar-refractivity contribution in [1.29, 1.82) is 0 Å². The largest absolute Gasteiger partial charge is 0.335 e. The summed E-state index contributed by atoms with van der Waals surface area (Å²) in [6.07, 6.45) is 1.90. The number of rotatable bonds is 4. The summed E-state index contributed by atoms with van der Waals surface area (Å²) in [6, 6.07) is 9.85. The number of nitrogens with zero attached hydrogens (tertiary/aromatic N) is 2. The Kier molecular flexibility index (Phi) is 4.20. The summed E-state index contributed by atoms with van der Waals surface area (Å²) in [5, 5.41) is 5.15. The second kappa shape index (κ2) is 6.27. The van der Waals surface area contributed by atoms with Crippen molar-refractivity contribution in [2.75, 3.05) is 11.9 Å². The molecule has 3 rings (SSSR count). The molecule has 0 unspecified atom stereocenters. The third-order valence-corrected chi connectivity index (χ3v) is 4.63. The van der Waals surface area contributed by atoms with Crippen molar-refractivity contribution in [3.8, 4) is 0 Å². The van der Waals surface area contributed by atoms with E-state index in [1.54, 1.807) is 16.5 Å². The number of nitrogens with one attached hydrogen (secondary N) is 1. The highest BCUT2D eigenvalue weighted by Crippen LogP contribution is 2.29. The van der Waals surface area contributed by atoms with Gasteiger partial charge in [0, 0.05) is 24.5 Å². The van der Waals surface area contributed by atoms with Gasteiger partial charge in [-0.15, -0.1) is 11.3 Å². The van der Waals surface area contributed by atoms with Crippen LogP contribution >= 0.6 is 11.3 Å². The number of carbonyl (C=O) groups is 2. The zero-order valence-corrected chi connectivity index (χ0v) is 13.0. The molecule has 1 aliphatic rings. The Morgan fingerprint density at radius 2 is 2.18 bits per heavy atom. The number of thiazole rings is 1. The van der Waals surface area contributed by atoms with Gasteiger partial charge in [0.05, 0.1) is 12.0 Å². The van der Waals surface area contributed by atoms with Crippen LogP contribution in [0, 0.1) is 5.92 Å². The minimum atomic E-state index is -0.317. The van der Waals surface area contributed by atoms with Crippen LogP contribution in [0.2, 0.25) is 0 Å². The minimum Gasteiger partial charge on any atom is -0.335 e. The maximum absolute atomic E-state index is 12.2. The molecule has 114 valence electrons. The molecule has 0 spiro atoms. The maximum Gasteiger partial charge on any atom is 0.231 e. The van der Waals surface area contributed by atoms with Gasteiger partial charge in [-0.25, -0.2) is 4.98 Å². The van der Waals surface area contributed by atoms with E-state index in [4.69, 9.17) is 0 Å². The van der Waals surface area contributed by atoms with E-state index >= 15 is 0 Å². The predicted octanol–water partition coefficient (Wildman–Crippen LogP) is 2.69. The van der Waals surface area contributed by atoms with E-state index in [0.717, 1.165) is 5.56 Å². The number of likely N-dealkylation sites (tertiary alicyclic amines) is 1. The van der Waals surface area contributed by atoms with Crippen molar-refractivity contribution in [1.82, 2.24) is 9.88 Å². The molecule has 2 atom stereocenters. The van der Waals surface area contributed by atoms with Crippen LogP contribution in [-0.4, -0.2) is 28.2 Å². The second-order valence-electron chi connectivity index (χ2n) is 5.36. The predicted molar refractivity (Wildman–Crippen MR) is 85.4 cm³/mol. The Balaban J connectivity index is 1.66. The number of hydrogen-bond donors (Lipinski definition) is 1. The van der Waals surface area contributed by atoms with Gasteiger partial charge in [-0.1, -0.05) is 30.3 Å². The van der Waals surface area contributed by atoms with Gasteiger partial charge >= 0.3 is 0 Å². The van der Waals surface area contributed by atoms with Crippen molar-refractivity contribution in [3.05, 3.63) is 47.5 Å². The first kappa shape index (κ1) is 14.7. The quantitative estimate of drug-likeness (QED) is 0.943. The molecule has 1 aromatic heterocycles. The van der Waals surface area contributed by atoms with Crippen molar-refractivity contribution in [3.63, 3.8) is 0 Å². The van der Waals surface area contributed by atoms with Crippen LogP contribution in [0.15, 0.2) is 41.9 Å². The maximum atomic E-state index is 12.2. The highest BCUT2D eigenvalue weighted by atomic mass is 32.1. The van der Waals surface area contributed by atoms with Crippen LogP contribution in [0.4, 0.5) is 5.13 Å². The number of benzene rings is 1. The Bertz CT molecular complexity index is 657. The van der Waals surface area contributed by atoms with Gasteiger partial charge in [0.15, 0.2) is 5.13 Å². The van der Waals surface area contributed by atoms with Crippen molar-refractivity contribution < 1.29 is 9.59 Å². The first-order valence-electron chi connectivity index (χ1n) is 7.20. The third-order valence-electron chi connectivity index (χ3n) is 3.94. The molecule has 0 bridgehead atoms. The van der Waals surface area contributed by atoms with E-state index in [9.17, 15) is 9.59 Å². The molecule has 1 N–H and O–H groups in total. The molecule has 2 amide bonds. The molecule has 22 heavy (non-hydrogen) atoms. The van der Waals surface area contributed by atoms with Crippen molar-refractivity contribution in [2.24, 2.45) is 5.92 Å². The molecular weight excluding hydrogens is 298 g/mol. The molecule has 0 radical (unpaired) electrons. The standard InChI is InChI=1S/C16H17N3O2S/c1-11(12-5-3-2-4-6-12)19-10-13(9-14(19)20)15(21)18-16-17-7-8-22-16/h2-8,11,13H,9-10H2,1H3,(H,17,18,21)/t11-,13-/m1/s1. The summed E-state index contributed by atoms with van der Waals surface area (Å²) in [5.41, 5.74) is 1.08. The van der Waals surface area contributed by atoms with Gasteiger partial charge in [-0.3, -0.25) is 9.59 Å². The number of anilines is 1. The molecule has 1 aromatic carbocycles. The average molecular weight is 315 g/mol. The Labute approximate surface area is 133 Å². The number of carbonyl (C=O) groups excluding carboxylic acids is 2. The first-order chi connectivity index (χ1) is 10.6. The first-order valence-corrected chi connectivity index (χ1v) is 8.08. The normalized spacial score (nSPS) is 19.2. The number of amides is 2. The lowest BCUT2D eigenvalue weighted by molar-refractivity contribution is -0.129. The monoisotopic (exact) mass is 315 g/mol. The number of aromatic nitrogens is 1. The average Bonchev–Trinajstić information content (AvgIpc) is 3.17. The summed E-state index contributed by atoms with van der Waals surface area (Å²) in [7, 11) is 0. The van der Waals surface area contributed by atoms with Gasteiger partial charge in [0.1, 0.15) is 0 Å². The van der Waals surface area contributed by atoms with Gasteiger partial charge in [0.2, 0.25) is 11.8 Å². The van der Waals surface area contributed by atoms with Gasteiger partial charge < -0.3 is 10.2 Å². The van der Waals surface area contributed by atoms with E-state index in [1.165, 1.54) is 11.3 Å². The molecule has 6 heteroatoms. The lowest BCUT2D eigenvalue weighted by Gasteiger charge is -2.25. The third kappa shape index (κ3) is 3.01. The highest BCUT2D eigenvalue weighted by Gasteiger charge is 2.37. The molecule has 1 saturated heterocycles. The highest BCUT2D eigenvalue weighted by molar-refractivity contribution is 7.13. The fraction of sp³-hybridized carbons (Fsp3) is 0.312. The lowest BCUT2D eigenvalue weighted by Crippen LogP contribution is -2.30. The van der Waals surface area contributed by atoms with E-state index in [2.05, 4.69) is 10.3 Å². The van der Waals surface area contributed by atoms with Crippen LogP contribution in [0.3, 0.4) is 0 Å². The van der Waals surface area contributed by atoms with Crippen LogP contribution in [0.25, 0.3) is 0 Å². The molecule has 1 fully saturated rings. The summed E-state index contributed by atoms with van der Waals surface area (Å²) >= 11 is 1.37. The van der Waals surface area contributed by atoms with E-state index in [-0.39, 0.29) is 30.2 Å². The molecule has 0 saturated carbocycles. The van der Waals surface area contributed by atoms with Gasteiger partial charge in [0.25, 0.3) is 0 Å². The smallest absolute Gasteiger partial charge is 0.231 e. The summed E-state index contributed by atoms with van der Waals surface area (Å²) < 4.78 is 0. The van der Waals surface area contributed by atoms with E-state index < -0.39 is 0 Å². The summed E-state index contributed by atoms with van der Waals surface area (Å²) in [4.78, 5) is 30.3. The summed E-state index contributed by atoms with van der Waals surface area (Å²) in [5.74, 6) is -0.427. The molecular formula is C16H17N3O2S. The topological polar surface area (TPSA) is 62.3 Å². The van der Waals surface area contributed by atoms with E-state index in [0.29, 0.717) is 11.7 Å². The van der Waals surface area contributed by atoms with Crippen molar-refractivity contribution in [2.45, 2.75) is 19.4 Å². The summed E-state index contributed by atoms with van der Waals surface area (Å²) in [6.45, 7) is 2.44. The van der Waals surface area contributed by atoms with Crippen molar-refractivity contribution >= 4 is 28.3 Å². The SMILES string of the molecule is C[C@H](c1ccccc1)N1C[C@H](C(=O)Nc2nccs2)CC1=O. The second-order valence-corrected chi connectivity index (χ2v) is 6.25. The molecule has 0 aliphatic carbocycles. The lowest BCUT2D eigenvalue weighted by atomic mass is 10.1. The molecule has 5 nitrogen and oxygen atoms in total. The Morgan fingerprint density at radius 1 is 1.41 bits per heavy atom. The molecule has 2 aromatic rings. The van der Waals surface area contributed by atoms with E-state index in [1.807, 2.05) is 37.3 Å². The zero-order valence-electron chi connectivity index (χ0n) is 12.2. The fourth-order valence-corrected chi connectivity index (χ4v) is 3.22. The van der Waals surface area contributed by atoms with Crippen LogP contribution in [-0.2, 0) is 9.59 Å². The van der Waals surface area contributed by atoms with Gasteiger partial charge in [-0.05, 0) is 12.5 Å². The van der Waals surface area contributed by atoms with Crippen LogP contribution < -0.4 is 5.32 Å². The fourth-order valence-electron chi connectivity index (χ4n) is 2.69. The molecule has 2 heterocycles. The molecule has 1 aliphatic heterocycles. The van der Waals surface area contributed by atoms with Gasteiger partial charge in [-0.2, -0.15) is 0 Å². The Morgan fingerprint density at radius 3 is 2.86 bits per heavy atom. The Hall–Kier alpha value is -2.21. The minimum absolute atomic E-state index is 0.0219. The van der Waals surface area contributed by atoms with Crippen LogP contribution in [0.1, 0.15) is 24.9 Å².